The first kappa shape index (κ1) is 17.5. The van der Waals surface area contributed by atoms with E-state index in [1.807, 2.05) is 24.3 Å². The Kier molecular flexibility index (Phi) is 4.08. The third kappa shape index (κ3) is 2.86. The molecule has 146 valence electrons. The smallest absolute Gasteiger partial charge is 0.410 e. The van der Waals surface area contributed by atoms with E-state index in [-0.39, 0.29) is 24.8 Å². The van der Waals surface area contributed by atoms with Gasteiger partial charge in [-0.2, -0.15) is 0 Å². The van der Waals surface area contributed by atoms with Crippen molar-refractivity contribution in [2.75, 3.05) is 13.2 Å². The highest BCUT2D eigenvalue weighted by Gasteiger charge is 2.32. The Balaban J connectivity index is 1.33. The van der Waals surface area contributed by atoms with Crippen molar-refractivity contribution in [1.29, 1.82) is 0 Å². The van der Waals surface area contributed by atoms with Crippen LogP contribution in [0.5, 0.6) is 0 Å². The first-order chi connectivity index (χ1) is 14.1. The summed E-state index contributed by atoms with van der Waals surface area (Å²) in [5, 5.41) is 12.8. The molecule has 1 amide bonds. The van der Waals surface area contributed by atoms with Gasteiger partial charge < -0.3 is 19.3 Å². The molecule has 1 aliphatic heterocycles. The fourth-order valence-electron chi connectivity index (χ4n) is 4.22. The number of carboxylic acid groups (broad SMARTS) is 1. The highest BCUT2D eigenvalue weighted by molar-refractivity contribution is 5.87. The van der Waals surface area contributed by atoms with Crippen LogP contribution >= 0.6 is 0 Å². The Hall–Kier alpha value is -3.61. The maximum atomic E-state index is 12.7. The molecule has 1 aromatic heterocycles. The molecule has 2 aromatic carbocycles. The fraction of sp³-hybridized carbons (Fsp3) is 0.227. The molecule has 2 heterocycles. The molecule has 0 saturated heterocycles. The zero-order chi connectivity index (χ0) is 20.0. The molecule has 0 fully saturated rings. The van der Waals surface area contributed by atoms with E-state index >= 15 is 0 Å². The molecule has 29 heavy (non-hydrogen) atoms. The molecule has 0 bridgehead atoms. The summed E-state index contributed by atoms with van der Waals surface area (Å²) < 4.78 is 10.7. The molecule has 2 aliphatic rings. The lowest BCUT2D eigenvalue weighted by atomic mass is 9.98. The average molecular weight is 390 g/mol. The lowest BCUT2D eigenvalue weighted by molar-refractivity contribution is 0.0681. The maximum absolute atomic E-state index is 12.7. The first-order valence-electron chi connectivity index (χ1n) is 9.44. The van der Waals surface area contributed by atoms with Crippen molar-refractivity contribution in [3.05, 3.63) is 76.7 Å². The van der Waals surface area contributed by atoms with Gasteiger partial charge >= 0.3 is 12.1 Å². The quantitative estimate of drug-likeness (QED) is 0.733. The van der Waals surface area contributed by atoms with Crippen LogP contribution in [0.25, 0.3) is 11.1 Å². The minimum Gasteiger partial charge on any atom is -0.476 e. The molecular formula is C22H18N2O5. The molecule has 3 aromatic rings. The van der Waals surface area contributed by atoms with Gasteiger partial charge in [-0.25, -0.2) is 9.59 Å². The predicted molar refractivity (Wildman–Crippen MR) is 103 cm³/mol. The summed E-state index contributed by atoms with van der Waals surface area (Å²) >= 11 is 0. The number of hydrogen-bond donors (Lipinski definition) is 1. The Morgan fingerprint density at radius 2 is 1.76 bits per heavy atom. The van der Waals surface area contributed by atoms with E-state index in [0.717, 1.165) is 11.1 Å². The van der Waals surface area contributed by atoms with Gasteiger partial charge in [-0.05, 0) is 22.3 Å². The van der Waals surface area contributed by atoms with Gasteiger partial charge in [0.2, 0.25) is 0 Å². The van der Waals surface area contributed by atoms with Crippen LogP contribution in [-0.2, 0) is 17.7 Å². The number of fused-ring (bicyclic) bond motifs is 4. The Bertz CT molecular complexity index is 1070. The average Bonchev–Trinajstić information content (AvgIpc) is 3.31. The van der Waals surface area contributed by atoms with Gasteiger partial charge in [0.25, 0.3) is 0 Å². The monoisotopic (exact) mass is 390 g/mol. The summed E-state index contributed by atoms with van der Waals surface area (Å²) in [7, 11) is 0. The lowest BCUT2D eigenvalue weighted by Gasteiger charge is -2.26. The SMILES string of the molecule is O=C(O)c1noc2c1CN(C(=O)OCC1c3ccccc3-c3ccccc31)CC2. The van der Waals surface area contributed by atoms with Crippen molar-refractivity contribution in [1.82, 2.24) is 10.1 Å². The van der Waals surface area contributed by atoms with E-state index in [4.69, 9.17) is 9.26 Å². The number of rotatable bonds is 3. The van der Waals surface area contributed by atoms with Crippen LogP contribution in [0.15, 0.2) is 53.1 Å². The molecule has 0 atom stereocenters. The summed E-state index contributed by atoms with van der Waals surface area (Å²) in [5.41, 5.74) is 4.93. The van der Waals surface area contributed by atoms with E-state index in [9.17, 15) is 14.7 Å². The number of hydrogen-bond acceptors (Lipinski definition) is 5. The Morgan fingerprint density at radius 1 is 1.10 bits per heavy atom. The number of carbonyl (C=O) groups excluding carboxylic acids is 1. The van der Waals surface area contributed by atoms with Gasteiger partial charge in [-0.3, -0.25) is 0 Å². The summed E-state index contributed by atoms with van der Waals surface area (Å²) in [6.07, 6.45) is -0.0464. The van der Waals surface area contributed by atoms with Crippen LogP contribution in [0.2, 0.25) is 0 Å². The van der Waals surface area contributed by atoms with Crippen molar-refractivity contribution in [2.24, 2.45) is 0 Å². The van der Waals surface area contributed by atoms with Crippen molar-refractivity contribution in [3.63, 3.8) is 0 Å². The van der Waals surface area contributed by atoms with Gasteiger partial charge in [-0.15, -0.1) is 0 Å². The number of carbonyl (C=O) groups is 2. The van der Waals surface area contributed by atoms with Crippen LogP contribution in [0.3, 0.4) is 0 Å². The molecule has 0 radical (unpaired) electrons. The van der Waals surface area contributed by atoms with Gasteiger partial charge in [0.15, 0.2) is 5.69 Å². The number of benzene rings is 2. The highest BCUT2D eigenvalue weighted by Crippen LogP contribution is 2.44. The molecule has 0 spiro atoms. The Labute approximate surface area is 166 Å². The normalized spacial score (nSPS) is 14.8. The fourth-order valence-corrected chi connectivity index (χ4v) is 4.22. The third-order valence-corrected chi connectivity index (χ3v) is 5.62. The summed E-state index contributed by atoms with van der Waals surface area (Å²) in [6.45, 7) is 0.751. The maximum Gasteiger partial charge on any atom is 0.410 e. The lowest BCUT2D eigenvalue weighted by Crippen LogP contribution is -2.37. The standard InChI is InChI=1S/C22H18N2O5/c25-21(26)20-17-11-24(10-9-19(17)29-23-20)22(27)28-12-18-15-7-3-1-5-13(15)14-6-2-4-8-16(14)18/h1-8,18H,9-12H2,(H,25,26). The molecular weight excluding hydrogens is 372 g/mol. The van der Waals surface area contributed by atoms with Crippen molar-refractivity contribution < 1.29 is 24.0 Å². The van der Waals surface area contributed by atoms with Gasteiger partial charge in [0.05, 0.1) is 6.54 Å². The third-order valence-electron chi connectivity index (χ3n) is 5.62. The van der Waals surface area contributed by atoms with Crippen LogP contribution < -0.4 is 0 Å². The molecule has 7 nitrogen and oxygen atoms in total. The topological polar surface area (TPSA) is 92.9 Å². The minimum atomic E-state index is -1.16. The number of carboxylic acids is 1. The number of ether oxygens (including phenoxy) is 1. The van der Waals surface area contributed by atoms with Crippen LogP contribution in [0, 0.1) is 0 Å². The number of nitrogens with zero attached hydrogens (tertiary/aromatic N) is 2. The van der Waals surface area contributed by atoms with Crippen molar-refractivity contribution in [2.45, 2.75) is 18.9 Å². The molecule has 0 unspecified atom stereocenters. The van der Waals surface area contributed by atoms with Crippen LogP contribution in [-0.4, -0.2) is 40.4 Å². The molecule has 5 rings (SSSR count). The minimum absolute atomic E-state index is 0.0168. The molecule has 1 aliphatic carbocycles. The highest BCUT2D eigenvalue weighted by atomic mass is 16.6. The second-order valence-electron chi connectivity index (χ2n) is 7.21. The van der Waals surface area contributed by atoms with E-state index in [0.29, 0.717) is 24.3 Å². The Morgan fingerprint density at radius 3 is 2.41 bits per heavy atom. The second kappa shape index (κ2) is 6.77. The summed E-state index contributed by atoms with van der Waals surface area (Å²) in [5.74, 6) is -0.661. The van der Waals surface area contributed by atoms with Crippen molar-refractivity contribution >= 4 is 12.1 Å². The summed E-state index contributed by atoms with van der Waals surface area (Å²) in [6, 6.07) is 16.3. The van der Waals surface area contributed by atoms with Crippen LogP contribution in [0.1, 0.15) is 38.9 Å². The van der Waals surface area contributed by atoms with Gasteiger partial charge in [0.1, 0.15) is 12.4 Å². The zero-order valence-electron chi connectivity index (χ0n) is 15.5. The van der Waals surface area contributed by atoms with Crippen LogP contribution in [0.4, 0.5) is 4.79 Å². The largest absolute Gasteiger partial charge is 0.476 e. The number of aromatic carboxylic acids is 1. The van der Waals surface area contributed by atoms with Gasteiger partial charge in [0, 0.05) is 24.4 Å². The van der Waals surface area contributed by atoms with E-state index in [2.05, 4.69) is 29.4 Å². The number of amides is 1. The van der Waals surface area contributed by atoms with Gasteiger partial charge in [-0.1, -0.05) is 53.7 Å². The summed E-state index contributed by atoms with van der Waals surface area (Å²) in [4.78, 5) is 25.5. The van der Waals surface area contributed by atoms with E-state index in [1.165, 1.54) is 16.0 Å². The zero-order valence-corrected chi connectivity index (χ0v) is 15.5. The molecule has 1 N–H and O–H groups in total. The molecule has 0 saturated carbocycles. The van der Waals surface area contributed by atoms with E-state index in [1.54, 1.807) is 0 Å². The van der Waals surface area contributed by atoms with Crippen molar-refractivity contribution in [3.8, 4) is 11.1 Å². The van der Waals surface area contributed by atoms with E-state index < -0.39 is 12.1 Å². The molecule has 7 heteroatoms. The number of aromatic nitrogens is 1. The predicted octanol–water partition coefficient (Wildman–Crippen LogP) is 3.68. The first-order valence-corrected chi connectivity index (χ1v) is 9.44. The second-order valence-corrected chi connectivity index (χ2v) is 7.21.